The number of hydrogen-bond acceptors (Lipinski definition) is 2. The van der Waals surface area contributed by atoms with E-state index in [1.54, 1.807) is 6.07 Å². The topological polar surface area (TPSA) is 21.1 Å². The van der Waals surface area contributed by atoms with Crippen LogP contribution in [0.1, 0.15) is 18.7 Å². The first-order valence-electron chi connectivity index (χ1n) is 6.97. The molecule has 0 amide bonds. The zero-order valence-corrected chi connectivity index (χ0v) is 12.8. The van der Waals surface area contributed by atoms with Crippen molar-refractivity contribution in [2.75, 3.05) is 26.5 Å². The molecular weight excluding hydrogens is 277 g/mol. The van der Waals surface area contributed by atoms with Crippen LogP contribution >= 0.6 is 11.6 Å². The largest absolute Gasteiger partial charge is 0.328 e. The molecule has 110 valence electrons. The van der Waals surface area contributed by atoms with Crippen LogP contribution in [0, 0.1) is 5.82 Å². The van der Waals surface area contributed by atoms with Gasteiger partial charge in [0.2, 0.25) is 0 Å². The van der Waals surface area contributed by atoms with Crippen molar-refractivity contribution in [3.63, 3.8) is 0 Å². The fourth-order valence-corrected chi connectivity index (χ4v) is 2.54. The summed E-state index contributed by atoms with van der Waals surface area (Å²) >= 11 is 5.84. The highest BCUT2D eigenvalue weighted by atomic mass is 35.5. The fraction of sp³-hybridized carbons (Fsp3) is 0.533. The van der Waals surface area contributed by atoms with Crippen molar-refractivity contribution in [3.8, 4) is 0 Å². The lowest BCUT2D eigenvalue weighted by atomic mass is 10.2. The van der Waals surface area contributed by atoms with Crippen molar-refractivity contribution >= 4 is 22.6 Å². The number of alkyl halides is 1. The van der Waals surface area contributed by atoms with Crippen molar-refractivity contribution in [2.45, 2.75) is 25.8 Å². The summed E-state index contributed by atoms with van der Waals surface area (Å²) in [5, 5.41) is 0. The molecule has 0 saturated carbocycles. The lowest BCUT2D eigenvalue weighted by Crippen LogP contribution is -2.14. The van der Waals surface area contributed by atoms with Crippen LogP contribution in [0.4, 0.5) is 4.39 Å². The Balaban J connectivity index is 2.17. The Hall–Kier alpha value is -1.13. The second-order valence-corrected chi connectivity index (χ2v) is 5.64. The monoisotopic (exact) mass is 297 g/mol. The molecule has 0 saturated heterocycles. The number of rotatable bonds is 7. The average molecular weight is 298 g/mol. The number of aryl methyl sites for hydroxylation is 2. The lowest BCUT2D eigenvalue weighted by molar-refractivity contribution is 0.387. The van der Waals surface area contributed by atoms with E-state index in [0.29, 0.717) is 12.3 Å². The summed E-state index contributed by atoms with van der Waals surface area (Å²) < 4.78 is 15.5. The molecule has 0 aliphatic rings. The number of aromatic nitrogens is 2. The molecule has 0 aliphatic carbocycles. The molecule has 0 bridgehead atoms. The number of unbranched alkanes of at least 4 members (excludes halogenated alkanes) is 1. The first kappa shape index (κ1) is 15.3. The van der Waals surface area contributed by atoms with Crippen molar-refractivity contribution in [1.29, 1.82) is 0 Å². The summed E-state index contributed by atoms with van der Waals surface area (Å²) in [6.07, 6.45) is 2.93. The van der Waals surface area contributed by atoms with Crippen molar-refractivity contribution in [3.05, 3.63) is 29.8 Å². The standard InChI is InChI=1S/C15H21ClFN3/c1-19(2)9-3-4-10-20-14-6-5-12(17)11-13(14)18-15(20)7-8-16/h5-6,11H,3-4,7-10H2,1-2H3. The Kier molecular flexibility index (Phi) is 5.38. The number of imidazole rings is 1. The SMILES string of the molecule is CN(C)CCCCn1c(CCCl)nc2cc(F)ccc21. The normalized spacial score (nSPS) is 11.7. The minimum absolute atomic E-state index is 0.243. The summed E-state index contributed by atoms with van der Waals surface area (Å²) in [6, 6.07) is 4.79. The van der Waals surface area contributed by atoms with Gasteiger partial charge in [-0.05, 0) is 45.6 Å². The molecule has 1 heterocycles. The smallest absolute Gasteiger partial charge is 0.125 e. The van der Waals surface area contributed by atoms with Gasteiger partial charge in [0.25, 0.3) is 0 Å². The summed E-state index contributed by atoms with van der Waals surface area (Å²) in [6.45, 7) is 1.98. The first-order chi connectivity index (χ1) is 9.61. The number of fused-ring (bicyclic) bond motifs is 1. The number of benzene rings is 1. The number of halogens is 2. The summed E-state index contributed by atoms with van der Waals surface area (Å²) in [5.41, 5.74) is 1.72. The Labute approximate surface area is 124 Å². The molecule has 20 heavy (non-hydrogen) atoms. The van der Waals surface area contributed by atoms with Gasteiger partial charge >= 0.3 is 0 Å². The van der Waals surface area contributed by atoms with E-state index in [1.807, 2.05) is 0 Å². The van der Waals surface area contributed by atoms with Crippen molar-refractivity contribution in [1.82, 2.24) is 14.5 Å². The highest BCUT2D eigenvalue weighted by Gasteiger charge is 2.10. The van der Waals surface area contributed by atoms with E-state index < -0.39 is 0 Å². The molecule has 2 rings (SSSR count). The third-order valence-electron chi connectivity index (χ3n) is 3.34. The molecule has 5 heteroatoms. The number of hydrogen-bond donors (Lipinski definition) is 0. The van der Waals surface area contributed by atoms with E-state index in [4.69, 9.17) is 11.6 Å². The Morgan fingerprint density at radius 2 is 2.10 bits per heavy atom. The van der Waals surface area contributed by atoms with E-state index in [-0.39, 0.29) is 5.82 Å². The van der Waals surface area contributed by atoms with Gasteiger partial charge in [0.1, 0.15) is 11.6 Å². The van der Waals surface area contributed by atoms with Crippen LogP contribution in [-0.4, -0.2) is 41.0 Å². The molecule has 0 atom stereocenters. The Morgan fingerprint density at radius 1 is 1.30 bits per heavy atom. The molecule has 3 nitrogen and oxygen atoms in total. The van der Waals surface area contributed by atoms with Gasteiger partial charge in [-0.3, -0.25) is 0 Å². The minimum atomic E-state index is -0.243. The zero-order chi connectivity index (χ0) is 14.5. The fourth-order valence-electron chi connectivity index (χ4n) is 2.38. The molecule has 0 spiro atoms. The highest BCUT2D eigenvalue weighted by molar-refractivity contribution is 6.17. The summed E-state index contributed by atoms with van der Waals surface area (Å²) in [5.74, 6) is 1.24. The van der Waals surface area contributed by atoms with Gasteiger partial charge in [0, 0.05) is 24.9 Å². The van der Waals surface area contributed by atoms with E-state index in [9.17, 15) is 4.39 Å². The van der Waals surface area contributed by atoms with Crippen LogP contribution in [0.25, 0.3) is 11.0 Å². The van der Waals surface area contributed by atoms with Gasteiger partial charge in [-0.1, -0.05) is 0 Å². The Bertz CT molecular complexity index is 565. The molecule has 1 aromatic heterocycles. The quantitative estimate of drug-likeness (QED) is 0.577. The Morgan fingerprint density at radius 3 is 2.80 bits per heavy atom. The maximum atomic E-state index is 13.3. The van der Waals surface area contributed by atoms with Gasteiger partial charge in [-0.15, -0.1) is 11.6 Å². The van der Waals surface area contributed by atoms with Crippen molar-refractivity contribution < 1.29 is 4.39 Å². The maximum Gasteiger partial charge on any atom is 0.125 e. The van der Waals surface area contributed by atoms with Gasteiger partial charge in [-0.25, -0.2) is 9.37 Å². The third kappa shape index (κ3) is 3.70. The van der Waals surface area contributed by atoms with E-state index in [2.05, 4.69) is 28.5 Å². The molecule has 0 radical (unpaired) electrons. The van der Waals surface area contributed by atoms with Crippen LogP contribution in [0.15, 0.2) is 18.2 Å². The molecule has 0 N–H and O–H groups in total. The maximum absolute atomic E-state index is 13.3. The van der Waals surface area contributed by atoms with Gasteiger partial charge < -0.3 is 9.47 Å². The zero-order valence-electron chi connectivity index (χ0n) is 12.1. The second-order valence-electron chi connectivity index (χ2n) is 5.26. The summed E-state index contributed by atoms with van der Waals surface area (Å²) in [7, 11) is 4.16. The van der Waals surface area contributed by atoms with Gasteiger partial charge in [0.15, 0.2) is 0 Å². The molecule has 0 aliphatic heterocycles. The molecule has 1 aromatic carbocycles. The number of nitrogens with zero attached hydrogens (tertiary/aromatic N) is 3. The van der Waals surface area contributed by atoms with Crippen LogP contribution in [-0.2, 0) is 13.0 Å². The lowest BCUT2D eigenvalue weighted by Gasteiger charge is -2.11. The second kappa shape index (κ2) is 7.04. The molecule has 0 unspecified atom stereocenters. The predicted octanol–water partition coefficient (Wildman–Crippen LogP) is 3.30. The van der Waals surface area contributed by atoms with Crippen LogP contribution in [0.5, 0.6) is 0 Å². The molecule has 0 fully saturated rings. The third-order valence-corrected chi connectivity index (χ3v) is 3.53. The van der Waals surface area contributed by atoms with Crippen LogP contribution < -0.4 is 0 Å². The van der Waals surface area contributed by atoms with Crippen LogP contribution in [0.3, 0.4) is 0 Å². The first-order valence-corrected chi connectivity index (χ1v) is 7.50. The van der Waals surface area contributed by atoms with Crippen molar-refractivity contribution in [2.24, 2.45) is 0 Å². The summed E-state index contributed by atoms with van der Waals surface area (Å²) in [4.78, 5) is 6.69. The van der Waals surface area contributed by atoms with E-state index in [1.165, 1.54) is 12.1 Å². The van der Waals surface area contributed by atoms with Gasteiger partial charge in [0.05, 0.1) is 11.0 Å². The molecular formula is C15H21ClFN3. The molecule has 2 aromatic rings. The average Bonchev–Trinajstić information content (AvgIpc) is 2.72. The highest BCUT2D eigenvalue weighted by Crippen LogP contribution is 2.19. The van der Waals surface area contributed by atoms with E-state index in [0.717, 1.165) is 42.8 Å². The predicted molar refractivity (Wildman–Crippen MR) is 81.9 cm³/mol. The van der Waals surface area contributed by atoms with E-state index >= 15 is 0 Å². The van der Waals surface area contributed by atoms with Crippen LogP contribution in [0.2, 0.25) is 0 Å². The van der Waals surface area contributed by atoms with Gasteiger partial charge in [-0.2, -0.15) is 0 Å². The minimum Gasteiger partial charge on any atom is -0.328 e.